The van der Waals surface area contributed by atoms with Crippen molar-refractivity contribution in [3.63, 3.8) is 0 Å². The predicted molar refractivity (Wildman–Crippen MR) is 40.9 cm³/mol. The van der Waals surface area contributed by atoms with Crippen LogP contribution in [0.4, 0.5) is 0 Å². The predicted octanol–water partition coefficient (Wildman–Crippen LogP) is 0.591. The average Bonchev–Trinajstić information content (AvgIpc) is 2.33. The SMILES string of the molecule is NC(=O)[C@H]1[C@H]2C[C@H]3[C@@H]([C@@H]2Cl)[C@H]31. The molecule has 0 radical (unpaired) electrons. The number of amides is 1. The van der Waals surface area contributed by atoms with Gasteiger partial charge in [-0.3, -0.25) is 4.79 Å². The number of primary amides is 1. The molecule has 0 saturated heterocycles. The van der Waals surface area contributed by atoms with Crippen molar-refractivity contribution < 1.29 is 4.79 Å². The van der Waals surface area contributed by atoms with Crippen molar-refractivity contribution in [3.8, 4) is 0 Å². The van der Waals surface area contributed by atoms with Crippen LogP contribution < -0.4 is 5.73 Å². The number of nitrogens with two attached hydrogens (primary N) is 1. The van der Waals surface area contributed by atoms with Crippen LogP contribution in [0.1, 0.15) is 6.42 Å². The van der Waals surface area contributed by atoms with E-state index >= 15 is 0 Å². The van der Waals surface area contributed by atoms with Crippen LogP contribution in [0.25, 0.3) is 0 Å². The molecule has 1 amide bonds. The highest BCUT2D eigenvalue weighted by Gasteiger charge is 2.74. The molecule has 4 bridgehead atoms. The minimum atomic E-state index is -0.117. The molecule has 4 aliphatic rings. The largest absolute Gasteiger partial charge is 0.369 e. The van der Waals surface area contributed by atoms with Crippen LogP contribution in [0.3, 0.4) is 0 Å². The fraction of sp³-hybridized carbons (Fsp3) is 0.875. The average molecular weight is 172 g/mol. The molecule has 4 fully saturated rings. The van der Waals surface area contributed by atoms with Crippen molar-refractivity contribution in [2.75, 3.05) is 0 Å². The summed E-state index contributed by atoms with van der Waals surface area (Å²) in [7, 11) is 0. The summed E-state index contributed by atoms with van der Waals surface area (Å²) >= 11 is 6.13. The summed E-state index contributed by atoms with van der Waals surface area (Å²) < 4.78 is 0. The molecule has 4 rings (SSSR count). The molecule has 60 valence electrons. The Morgan fingerprint density at radius 3 is 2.27 bits per heavy atom. The Labute approximate surface area is 70.1 Å². The molecule has 2 nitrogen and oxygen atoms in total. The van der Waals surface area contributed by atoms with Crippen molar-refractivity contribution in [3.05, 3.63) is 0 Å². The summed E-state index contributed by atoms with van der Waals surface area (Å²) in [5.74, 6) is 2.44. The topological polar surface area (TPSA) is 43.1 Å². The highest BCUT2D eigenvalue weighted by atomic mass is 35.5. The van der Waals surface area contributed by atoms with Gasteiger partial charge in [-0.1, -0.05) is 0 Å². The lowest BCUT2D eigenvalue weighted by Gasteiger charge is -2.11. The molecule has 0 heterocycles. The van der Waals surface area contributed by atoms with E-state index in [1.165, 1.54) is 0 Å². The molecule has 6 atom stereocenters. The zero-order valence-corrected chi connectivity index (χ0v) is 6.79. The van der Waals surface area contributed by atoms with Gasteiger partial charge in [0.1, 0.15) is 0 Å². The van der Waals surface area contributed by atoms with Gasteiger partial charge in [0.25, 0.3) is 0 Å². The van der Waals surface area contributed by atoms with Gasteiger partial charge >= 0.3 is 0 Å². The van der Waals surface area contributed by atoms with E-state index in [0.29, 0.717) is 17.8 Å². The van der Waals surface area contributed by atoms with Crippen LogP contribution in [0, 0.1) is 29.6 Å². The number of hydrogen-bond donors (Lipinski definition) is 1. The van der Waals surface area contributed by atoms with Gasteiger partial charge < -0.3 is 5.73 Å². The van der Waals surface area contributed by atoms with E-state index in [1.807, 2.05) is 0 Å². The van der Waals surface area contributed by atoms with Gasteiger partial charge in [-0.25, -0.2) is 0 Å². The number of alkyl halides is 1. The first kappa shape index (κ1) is 6.30. The second-order valence-electron chi connectivity index (χ2n) is 4.09. The Kier molecular flexibility index (Phi) is 0.905. The smallest absolute Gasteiger partial charge is 0.221 e. The molecule has 0 aliphatic heterocycles. The molecule has 11 heavy (non-hydrogen) atoms. The lowest BCUT2D eigenvalue weighted by Crippen LogP contribution is -2.27. The summed E-state index contributed by atoms with van der Waals surface area (Å²) in [4.78, 5) is 11.0. The third kappa shape index (κ3) is 0.516. The molecule has 0 unspecified atom stereocenters. The summed E-state index contributed by atoms with van der Waals surface area (Å²) in [6, 6.07) is 0. The van der Waals surface area contributed by atoms with Crippen molar-refractivity contribution in [1.29, 1.82) is 0 Å². The van der Waals surface area contributed by atoms with E-state index < -0.39 is 0 Å². The maximum Gasteiger partial charge on any atom is 0.221 e. The van der Waals surface area contributed by atoms with Gasteiger partial charge in [0.2, 0.25) is 5.91 Å². The lowest BCUT2D eigenvalue weighted by atomic mass is 9.98. The molecule has 0 aromatic rings. The standard InChI is InChI=1S/C8H10ClNO/c9-7-3-1-2-4(5(2)7)6(3)8(10)11/h2-7H,1H2,(H2,10,11)/t2-,3-,4+,5-,6+,7-/m1/s1. The first-order valence-electron chi connectivity index (χ1n) is 4.15. The summed E-state index contributed by atoms with van der Waals surface area (Å²) in [5.41, 5.74) is 5.30. The Morgan fingerprint density at radius 2 is 2.09 bits per heavy atom. The third-order valence-corrected chi connectivity index (χ3v) is 4.43. The van der Waals surface area contributed by atoms with Crippen molar-refractivity contribution >= 4 is 17.5 Å². The van der Waals surface area contributed by atoms with E-state index in [-0.39, 0.29) is 17.2 Å². The molecule has 3 heteroatoms. The Balaban J connectivity index is 1.97. The quantitative estimate of drug-likeness (QED) is 0.577. The van der Waals surface area contributed by atoms with Gasteiger partial charge in [-0.15, -0.1) is 11.6 Å². The highest BCUT2D eigenvalue weighted by molar-refractivity contribution is 6.22. The molecule has 2 N–H and O–H groups in total. The Bertz CT molecular complexity index is 242. The molecule has 4 saturated carbocycles. The Hall–Kier alpha value is -0.240. The molecular formula is C8H10ClNO. The minimum Gasteiger partial charge on any atom is -0.369 e. The number of hydrogen-bond acceptors (Lipinski definition) is 1. The van der Waals surface area contributed by atoms with Gasteiger partial charge in [0.05, 0.1) is 0 Å². The van der Waals surface area contributed by atoms with Crippen LogP contribution in [0.2, 0.25) is 0 Å². The molecule has 0 aromatic carbocycles. The first-order valence-corrected chi connectivity index (χ1v) is 4.59. The van der Waals surface area contributed by atoms with Crippen LogP contribution in [0.5, 0.6) is 0 Å². The number of carbonyl (C=O) groups is 1. The zero-order valence-electron chi connectivity index (χ0n) is 6.03. The maximum atomic E-state index is 11.0. The molecular weight excluding hydrogens is 162 g/mol. The molecule has 0 spiro atoms. The van der Waals surface area contributed by atoms with E-state index in [2.05, 4.69) is 0 Å². The number of halogens is 1. The van der Waals surface area contributed by atoms with Crippen molar-refractivity contribution in [2.24, 2.45) is 35.3 Å². The fourth-order valence-electron chi connectivity index (χ4n) is 3.46. The molecule has 4 aliphatic carbocycles. The maximum absolute atomic E-state index is 11.0. The van der Waals surface area contributed by atoms with Crippen LogP contribution >= 0.6 is 11.6 Å². The van der Waals surface area contributed by atoms with Crippen molar-refractivity contribution in [1.82, 2.24) is 0 Å². The van der Waals surface area contributed by atoms with Gasteiger partial charge in [-0.05, 0) is 30.1 Å². The number of rotatable bonds is 1. The van der Waals surface area contributed by atoms with Gasteiger partial charge in [-0.2, -0.15) is 0 Å². The van der Waals surface area contributed by atoms with E-state index in [1.54, 1.807) is 0 Å². The zero-order chi connectivity index (χ0) is 7.75. The lowest BCUT2D eigenvalue weighted by molar-refractivity contribution is -0.122. The van der Waals surface area contributed by atoms with Crippen LogP contribution in [-0.4, -0.2) is 11.3 Å². The van der Waals surface area contributed by atoms with Gasteiger partial charge in [0.15, 0.2) is 0 Å². The second kappa shape index (κ2) is 1.58. The third-order valence-electron chi connectivity index (χ3n) is 3.82. The van der Waals surface area contributed by atoms with E-state index in [4.69, 9.17) is 17.3 Å². The van der Waals surface area contributed by atoms with Crippen LogP contribution in [0.15, 0.2) is 0 Å². The van der Waals surface area contributed by atoms with E-state index in [0.717, 1.165) is 12.3 Å². The molecule has 0 aromatic heterocycles. The highest BCUT2D eigenvalue weighted by Crippen LogP contribution is 2.74. The summed E-state index contributed by atoms with van der Waals surface area (Å²) in [5, 5.41) is 0.266. The fourth-order valence-corrected chi connectivity index (χ4v) is 4.07. The van der Waals surface area contributed by atoms with Crippen LogP contribution in [-0.2, 0) is 4.79 Å². The monoisotopic (exact) mass is 171 g/mol. The normalized spacial score (nSPS) is 63.4. The summed E-state index contributed by atoms with van der Waals surface area (Å²) in [6.45, 7) is 0. The number of carbonyl (C=O) groups excluding carboxylic acids is 1. The van der Waals surface area contributed by atoms with E-state index in [9.17, 15) is 4.79 Å². The minimum absolute atomic E-state index is 0.117. The Morgan fingerprint density at radius 1 is 1.36 bits per heavy atom. The second-order valence-corrected chi connectivity index (χ2v) is 4.59. The van der Waals surface area contributed by atoms with Gasteiger partial charge in [0, 0.05) is 11.3 Å². The van der Waals surface area contributed by atoms with Crippen molar-refractivity contribution in [2.45, 2.75) is 11.8 Å². The summed E-state index contributed by atoms with van der Waals surface area (Å²) in [6.07, 6.45) is 1.16. The first-order chi connectivity index (χ1) is 5.22.